The molecule has 0 spiro atoms. The number of ether oxygens (including phenoxy) is 2. The molecule has 0 saturated heterocycles. The van der Waals surface area contributed by atoms with Gasteiger partial charge in [0.1, 0.15) is 11.5 Å². The lowest BCUT2D eigenvalue weighted by Gasteiger charge is -2.43. The largest absolute Gasteiger partial charge is 0.497 e. The number of carbonyl (C=O) groups is 2. The molecule has 1 atom stereocenters. The van der Waals surface area contributed by atoms with Crippen molar-refractivity contribution in [3.8, 4) is 11.5 Å². The highest BCUT2D eigenvalue weighted by atomic mass is 79.9. The summed E-state index contributed by atoms with van der Waals surface area (Å²) in [6.45, 7) is 0.966. The van der Waals surface area contributed by atoms with Gasteiger partial charge in [0.05, 0.1) is 52.8 Å². The zero-order chi connectivity index (χ0) is 22.8. The summed E-state index contributed by atoms with van der Waals surface area (Å²) in [5, 5.41) is 17.3. The van der Waals surface area contributed by atoms with E-state index in [1.165, 1.54) is 14.2 Å². The number of methoxy groups -OCH3 is 2. The molecule has 2 aromatic carbocycles. The van der Waals surface area contributed by atoms with E-state index in [2.05, 4.69) is 26.6 Å². The fourth-order valence-corrected chi connectivity index (χ4v) is 3.74. The Labute approximate surface area is 189 Å². The Morgan fingerprint density at radius 3 is 2.61 bits per heavy atom. The number of fused-ring (bicyclic) bond motifs is 1. The van der Waals surface area contributed by atoms with Crippen LogP contribution in [0.3, 0.4) is 0 Å². The average Bonchev–Trinajstić information content (AvgIpc) is 2.74. The maximum Gasteiger partial charge on any atom is 0.329 e. The van der Waals surface area contributed by atoms with Crippen molar-refractivity contribution < 1.29 is 29.1 Å². The highest BCUT2D eigenvalue weighted by molar-refractivity contribution is 9.10. The number of likely N-dealkylation sites (N-methyl/N-ethyl adjacent to an activating group) is 1. The summed E-state index contributed by atoms with van der Waals surface area (Å²) >= 11 is 3.38. The van der Waals surface area contributed by atoms with Crippen LogP contribution < -0.4 is 29.9 Å². The fourth-order valence-electron chi connectivity index (χ4n) is 3.38. The molecule has 0 bridgehead atoms. The quantitative estimate of drug-likeness (QED) is 0.459. The van der Waals surface area contributed by atoms with Crippen molar-refractivity contribution in [1.82, 2.24) is 5.32 Å². The Morgan fingerprint density at radius 2 is 1.97 bits per heavy atom. The van der Waals surface area contributed by atoms with Gasteiger partial charge in [0.25, 0.3) is 11.6 Å². The third-order valence-electron chi connectivity index (χ3n) is 4.98. The van der Waals surface area contributed by atoms with Gasteiger partial charge >= 0.3 is 6.03 Å². The highest BCUT2D eigenvalue weighted by Crippen LogP contribution is 2.44. The summed E-state index contributed by atoms with van der Waals surface area (Å²) in [7, 11) is 6.85. The number of hydrogen-bond donors (Lipinski definition) is 4. The lowest BCUT2D eigenvalue weighted by molar-refractivity contribution is -0.856. The van der Waals surface area contributed by atoms with Crippen LogP contribution in [0.5, 0.6) is 11.5 Å². The number of benzene rings is 2. The van der Waals surface area contributed by atoms with Crippen molar-refractivity contribution in [2.24, 2.45) is 0 Å². The van der Waals surface area contributed by atoms with Crippen LogP contribution in [-0.4, -0.2) is 58.4 Å². The van der Waals surface area contributed by atoms with E-state index in [-0.39, 0.29) is 17.0 Å². The molecule has 3 amide bonds. The van der Waals surface area contributed by atoms with Crippen LogP contribution in [0.25, 0.3) is 0 Å². The average molecular weight is 494 g/mol. The first-order valence-corrected chi connectivity index (χ1v) is 10.4. The number of aliphatic hydroxyl groups is 1. The lowest BCUT2D eigenvalue weighted by atomic mass is 9.94. The van der Waals surface area contributed by atoms with Crippen LogP contribution in [0.1, 0.15) is 5.56 Å². The van der Waals surface area contributed by atoms with Gasteiger partial charge in [-0.05, 0) is 30.3 Å². The Balaban J connectivity index is 2.16. The van der Waals surface area contributed by atoms with Gasteiger partial charge < -0.3 is 30.1 Å². The van der Waals surface area contributed by atoms with Crippen molar-refractivity contribution in [3.63, 3.8) is 0 Å². The van der Waals surface area contributed by atoms with Crippen molar-refractivity contribution in [3.05, 3.63) is 46.4 Å². The normalized spacial score (nSPS) is 17.8. The topological polar surface area (TPSA) is 105 Å². The number of carbonyl (C=O) groups excluding carboxylic acids is 2. The van der Waals surface area contributed by atoms with Crippen LogP contribution in [0.15, 0.2) is 40.9 Å². The molecule has 0 fully saturated rings. The number of quaternary nitrogens is 1. The molecule has 1 aliphatic heterocycles. The molecule has 10 heteroatoms. The van der Waals surface area contributed by atoms with E-state index in [0.717, 1.165) is 9.80 Å². The van der Waals surface area contributed by atoms with E-state index in [9.17, 15) is 14.7 Å². The number of hydrogen-bond acceptors (Lipinski definition) is 5. The van der Waals surface area contributed by atoms with Crippen molar-refractivity contribution >= 4 is 39.2 Å². The van der Waals surface area contributed by atoms with E-state index >= 15 is 0 Å². The number of nitrogens with one attached hydrogen (secondary N) is 3. The number of nitrogens with zero attached hydrogens (tertiary/aromatic N) is 1. The van der Waals surface area contributed by atoms with Crippen LogP contribution in [-0.2, 0) is 10.5 Å². The maximum atomic E-state index is 13.4. The van der Waals surface area contributed by atoms with Gasteiger partial charge in [0.15, 0.2) is 0 Å². The Bertz CT molecular complexity index is 1000. The maximum absolute atomic E-state index is 13.4. The second kappa shape index (κ2) is 9.13. The smallest absolute Gasteiger partial charge is 0.329 e. The van der Waals surface area contributed by atoms with Crippen molar-refractivity contribution in [2.45, 2.75) is 5.72 Å². The molecule has 0 saturated carbocycles. The number of anilines is 2. The minimum atomic E-state index is -2.31. The standard InChI is InChI=1S/C21H25BrN4O5/c1-25(2)10-9-23-19(27)21(29)15-11-13(22)5-7-16(15)24-20(28)26(21)17-8-6-14(30-3)12-18(17)31-4/h5-8,11-12,29H,9-10H2,1-4H3,(H,23,27)(H,24,28)/p+1. The summed E-state index contributed by atoms with van der Waals surface area (Å²) in [6, 6.07) is 9.03. The van der Waals surface area contributed by atoms with E-state index in [4.69, 9.17) is 9.47 Å². The molecule has 0 aromatic heterocycles. The van der Waals surface area contributed by atoms with Crippen molar-refractivity contribution in [1.29, 1.82) is 0 Å². The number of amides is 3. The van der Waals surface area contributed by atoms with E-state index in [1.54, 1.807) is 36.4 Å². The number of halogens is 1. The molecule has 4 N–H and O–H groups in total. The first kappa shape index (κ1) is 22.9. The summed E-state index contributed by atoms with van der Waals surface area (Å²) in [4.78, 5) is 28.6. The van der Waals surface area contributed by atoms with Gasteiger partial charge in [-0.25, -0.2) is 9.69 Å². The van der Waals surface area contributed by atoms with Gasteiger partial charge in [-0.1, -0.05) is 15.9 Å². The molecule has 2 aromatic rings. The molecule has 166 valence electrons. The predicted molar refractivity (Wildman–Crippen MR) is 120 cm³/mol. The van der Waals surface area contributed by atoms with Gasteiger partial charge in [-0.2, -0.15) is 0 Å². The van der Waals surface area contributed by atoms with Crippen molar-refractivity contribution in [2.75, 3.05) is 51.6 Å². The Hall–Kier alpha value is -2.82. The molecule has 1 unspecified atom stereocenters. The third-order valence-corrected chi connectivity index (χ3v) is 5.47. The van der Waals surface area contributed by atoms with Crippen LogP contribution in [0.4, 0.5) is 16.2 Å². The second-order valence-corrected chi connectivity index (χ2v) is 8.29. The molecule has 3 rings (SSSR count). The van der Waals surface area contributed by atoms with Crippen LogP contribution >= 0.6 is 15.9 Å². The van der Waals surface area contributed by atoms with E-state index < -0.39 is 17.7 Å². The van der Waals surface area contributed by atoms with Crippen LogP contribution in [0, 0.1) is 0 Å². The molecule has 0 radical (unpaired) electrons. The summed E-state index contributed by atoms with van der Waals surface area (Å²) in [6.07, 6.45) is 0. The van der Waals surface area contributed by atoms with E-state index in [1.807, 2.05) is 14.1 Å². The van der Waals surface area contributed by atoms with Gasteiger partial charge in [-0.15, -0.1) is 0 Å². The minimum Gasteiger partial charge on any atom is -0.497 e. The van der Waals surface area contributed by atoms with Crippen LogP contribution in [0.2, 0.25) is 0 Å². The molecule has 0 aliphatic carbocycles. The molecule has 1 heterocycles. The van der Waals surface area contributed by atoms with E-state index in [0.29, 0.717) is 29.0 Å². The third kappa shape index (κ3) is 4.32. The first-order chi connectivity index (χ1) is 14.7. The minimum absolute atomic E-state index is 0.210. The molecule has 31 heavy (non-hydrogen) atoms. The zero-order valence-corrected chi connectivity index (χ0v) is 19.4. The monoisotopic (exact) mass is 493 g/mol. The Morgan fingerprint density at radius 1 is 1.23 bits per heavy atom. The highest BCUT2D eigenvalue weighted by Gasteiger charge is 2.52. The molecular formula is C21H26BrN4O5+. The van der Waals surface area contributed by atoms with Gasteiger partial charge in [-0.3, -0.25) is 4.79 Å². The fraction of sp³-hybridized carbons (Fsp3) is 0.333. The summed E-state index contributed by atoms with van der Waals surface area (Å²) < 4.78 is 11.3. The zero-order valence-electron chi connectivity index (χ0n) is 17.8. The van der Waals surface area contributed by atoms with Gasteiger partial charge in [0, 0.05) is 16.1 Å². The molecule has 1 aliphatic rings. The second-order valence-electron chi connectivity index (χ2n) is 7.38. The Kier molecular flexibility index (Phi) is 6.73. The molecular weight excluding hydrogens is 468 g/mol. The SMILES string of the molecule is COc1ccc(N2C(=O)Nc3ccc(Br)cc3C2(O)C(=O)NCC[NH+](C)C)c(OC)c1. The predicted octanol–water partition coefficient (Wildman–Crippen LogP) is 0.924. The summed E-state index contributed by atoms with van der Waals surface area (Å²) in [5.41, 5.74) is -1.53. The summed E-state index contributed by atoms with van der Waals surface area (Å²) in [5.74, 6) is 0.0424. The number of urea groups is 1. The lowest BCUT2D eigenvalue weighted by Crippen LogP contribution is -3.06. The molecule has 9 nitrogen and oxygen atoms in total. The van der Waals surface area contributed by atoms with Gasteiger partial charge in [0.2, 0.25) is 0 Å². The first-order valence-electron chi connectivity index (χ1n) is 9.65. The number of rotatable bonds is 7.